The van der Waals surface area contributed by atoms with Gasteiger partial charge in [0.1, 0.15) is 24.0 Å². The van der Waals surface area contributed by atoms with Gasteiger partial charge in [0.2, 0.25) is 0 Å². The van der Waals surface area contributed by atoms with Gasteiger partial charge in [0.25, 0.3) is 0 Å². The molecule has 0 amide bonds. The Kier molecular flexibility index (Phi) is 4.04. The number of aromatic nitrogens is 3. The predicted octanol–water partition coefficient (Wildman–Crippen LogP) is 4.45. The first-order valence-electron chi connectivity index (χ1n) is 7.97. The van der Waals surface area contributed by atoms with Gasteiger partial charge >= 0.3 is 6.18 Å². The molecule has 0 unspecified atom stereocenters. The van der Waals surface area contributed by atoms with E-state index in [0.717, 1.165) is 17.7 Å². The Morgan fingerprint density at radius 2 is 2.04 bits per heavy atom. The molecule has 1 aliphatic rings. The molecule has 1 N–H and O–H groups in total. The number of hydrogen-bond acceptors (Lipinski definition) is 4. The number of benzene rings is 1. The summed E-state index contributed by atoms with van der Waals surface area (Å²) >= 11 is 6.21. The number of hydrogen-bond donors (Lipinski definition) is 1. The Bertz CT molecular complexity index is 1080. The maximum atomic E-state index is 13.2. The van der Waals surface area contributed by atoms with Gasteiger partial charge in [-0.05, 0) is 30.7 Å². The molecule has 1 aliphatic heterocycles. The fourth-order valence-corrected chi connectivity index (χ4v) is 3.36. The summed E-state index contributed by atoms with van der Waals surface area (Å²) in [6.07, 6.45) is -0.882. The fraction of sp³-hybridized carbons (Fsp3) is 0.167. The highest BCUT2D eigenvalue weighted by molar-refractivity contribution is 6.33. The van der Waals surface area contributed by atoms with Crippen LogP contribution < -0.4 is 5.32 Å². The summed E-state index contributed by atoms with van der Waals surface area (Å²) in [5.41, 5.74) is 0.581. The van der Waals surface area contributed by atoms with E-state index in [1.54, 1.807) is 10.8 Å². The molecule has 0 aliphatic carbocycles. The molecule has 0 spiro atoms. The van der Waals surface area contributed by atoms with E-state index in [1.807, 2.05) is 6.07 Å². The van der Waals surface area contributed by atoms with Crippen molar-refractivity contribution < 1.29 is 13.2 Å². The fourth-order valence-electron chi connectivity index (χ4n) is 3.16. The van der Waals surface area contributed by atoms with E-state index in [0.29, 0.717) is 24.6 Å². The maximum Gasteiger partial charge on any atom is 0.416 e. The van der Waals surface area contributed by atoms with E-state index < -0.39 is 11.7 Å². The van der Waals surface area contributed by atoms with Gasteiger partial charge in [0.05, 0.1) is 16.8 Å². The summed E-state index contributed by atoms with van der Waals surface area (Å²) < 4.78 is 41.1. The number of alkyl halides is 3. The number of nitriles is 1. The molecule has 27 heavy (non-hydrogen) atoms. The second-order valence-electron chi connectivity index (χ2n) is 5.95. The Labute approximate surface area is 157 Å². The van der Waals surface area contributed by atoms with E-state index in [2.05, 4.69) is 15.3 Å². The van der Waals surface area contributed by atoms with Gasteiger partial charge in [-0.3, -0.25) is 4.57 Å². The summed E-state index contributed by atoms with van der Waals surface area (Å²) in [6, 6.07) is 6.60. The van der Waals surface area contributed by atoms with Crippen molar-refractivity contribution in [3.8, 4) is 23.1 Å². The van der Waals surface area contributed by atoms with Crippen LogP contribution in [0.2, 0.25) is 5.02 Å². The van der Waals surface area contributed by atoms with Crippen LogP contribution in [0.15, 0.2) is 36.8 Å². The first kappa shape index (κ1) is 17.4. The summed E-state index contributed by atoms with van der Waals surface area (Å²) in [6.45, 7) is 0.688. The first-order chi connectivity index (χ1) is 12.9. The molecule has 5 nitrogen and oxygen atoms in total. The lowest BCUT2D eigenvalue weighted by molar-refractivity contribution is -0.137. The second kappa shape index (κ2) is 6.28. The van der Waals surface area contributed by atoms with E-state index >= 15 is 0 Å². The molecule has 0 saturated heterocycles. The van der Waals surface area contributed by atoms with E-state index in [-0.39, 0.29) is 21.8 Å². The van der Waals surface area contributed by atoms with Gasteiger partial charge in [0.15, 0.2) is 0 Å². The largest absolute Gasteiger partial charge is 0.416 e. The Hall–Kier alpha value is -3.05. The minimum atomic E-state index is -4.52. The molecule has 0 saturated carbocycles. The Morgan fingerprint density at radius 1 is 1.22 bits per heavy atom. The Morgan fingerprint density at radius 3 is 2.78 bits per heavy atom. The van der Waals surface area contributed by atoms with Crippen molar-refractivity contribution in [3.05, 3.63) is 58.5 Å². The van der Waals surface area contributed by atoms with Crippen molar-refractivity contribution in [1.82, 2.24) is 14.5 Å². The summed E-state index contributed by atoms with van der Waals surface area (Å²) in [5, 5.41) is 12.7. The quantitative estimate of drug-likeness (QED) is 0.703. The van der Waals surface area contributed by atoms with Gasteiger partial charge in [-0.2, -0.15) is 18.4 Å². The van der Waals surface area contributed by atoms with Crippen molar-refractivity contribution in [2.24, 2.45) is 0 Å². The molecule has 0 bridgehead atoms. The van der Waals surface area contributed by atoms with Gasteiger partial charge < -0.3 is 5.32 Å². The highest BCUT2D eigenvalue weighted by Crippen LogP contribution is 2.39. The molecule has 9 heteroatoms. The maximum absolute atomic E-state index is 13.2. The SMILES string of the molecule is N#Cc1ccn(-c2ncnc3c2CCN3)c1-c1cc(C(F)(F)F)ccc1Cl. The minimum Gasteiger partial charge on any atom is -0.369 e. The highest BCUT2D eigenvalue weighted by Gasteiger charge is 2.32. The number of anilines is 1. The number of nitrogens with one attached hydrogen (secondary N) is 1. The average molecular weight is 390 g/mol. The molecule has 0 atom stereocenters. The lowest BCUT2D eigenvalue weighted by Gasteiger charge is -2.15. The predicted molar refractivity (Wildman–Crippen MR) is 93.7 cm³/mol. The summed E-state index contributed by atoms with van der Waals surface area (Å²) in [5.74, 6) is 1.18. The molecule has 3 heterocycles. The Balaban J connectivity index is 1.98. The van der Waals surface area contributed by atoms with Crippen LogP contribution in [0.5, 0.6) is 0 Å². The van der Waals surface area contributed by atoms with Crippen molar-refractivity contribution in [3.63, 3.8) is 0 Å². The number of fused-ring (bicyclic) bond motifs is 1. The third-order valence-corrected chi connectivity index (χ3v) is 4.70. The number of halogens is 4. The topological polar surface area (TPSA) is 66.5 Å². The normalized spacial score (nSPS) is 13.1. The van der Waals surface area contributed by atoms with Gasteiger partial charge in [-0.15, -0.1) is 0 Å². The van der Waals surface area contributed by atoms with Crippen LogP contribution in [-0.2, 0) is 12.6 Å². The van der Waals surface area contributed by atoms with Crippen LogP contribution in [0.3, 0.4) is 0 Å². The molecule has 0 radical (unpaired) electrons. The number of rotatable bonds is 2. The molecular weight excluding hydrogens is 379 g/mol. The zero-order valence-corrected chi connectivity index (χ0v) is 14.4. The van der Waals surface area contributed by atoms with Crippen LogP contribution in [0, 0.1) is 11.3 Å². The summed E-state index contributed by atoms with van der Waals surface area (Å²) in [4.78, 5) is 8.46. The van der Waals surface area contributed by atoms with Gasteiger partial charge in [-0.1, -0.05) is 11.6 Å². The lowest BCUT2D eigenvalue weighted by Crippen LogP contribution is -2.07. The van der Waals surface area contributed by atoms with Crippen molar-refractivity contribution in [1.29, 1.82) is 5.26 Å². The van der Waals surface area contributed by atoms with E-state index in [1.165, 1.54) is 18.5 Å². The van der Waals surface area contributed by atoms with Crippen molar-refractivity contribution >= 4 is 17.4 Å². The molecule has 136 valence electrons. The third kappa shape index (κ3) is 2.90. The molecule has 4 rings (SSSR count). The van der Waals surface area contributed by atoms with Gasteiger partial charge in [-0.25, -0.2) is 9.97 Å². The number of nitrogens with zero attached hydrogens (tertiary/aromatic N) is 4. The monoisotopic (exact) mass is 389 g/mol. The molecule has 3 aromatic rings. The third-order valence-electron chi connectivity index (χ3n) is 4.37. The van der Waals surface area contributed by atoms with Crippen molar-refractivity contribution in [2.45, 2.75) is 12.6 Å². The first-order valence-corrected chi connectivity index (χ1v) is 8.34. The summed E-state index contributed by atoms with van der Waals surface area (Å²) in [7, 11) is 0. The zero-order valence-electron chi connectivity index (χ0n) is 13.7. The minimum absolute atomic E-state index is 0.114. The molecular formula is C18H11ClF3N5. The second-order valence-corrected chi connectivity index (χ2v) is 6.36. The molecule has 2 aromatic heterocycles. The standard InChI is InChI=1S/C18H11ClF3N5/c19-14-2-1-11(18(20,21)22)7-13(14)15-10(8-23)4-6-27(15)17-12-3-5-24-16(12)25-9-26-17/h1-2,4,6-7,9H,3,5H2,(H,24,25,26). The average Bonchev–Trinajstić information content (AvgIpc) is 3.27. The highest BCUT2D eigenvalue weighted by atomic mass is 35.5. The van der Waals surface area contributed by atoms with Crippen LogP contribution >= 0.6 is 11.6 Å². The van der Waals surface area contributed by atoms with Crippen molar-refractivity contribution in [2.75, 3.05) is 11.9 Å². The van der Waals surface area contributed by atoms with E-state index in [4.69, 9.17) is 11.6 Å². The molecule has 0 fully saturated rings. The van der Waals surface area contributed by atoms with Crippen LogP contribution in [-0.4, -0.2) is 21.1 Å². The molecule has 1 aromatic carbocycles. The lowest BCUT2D eigenvalue weighted by atomic mass is 10.0. The van der Waals surface area contributed by atoms with Crippen LogP contribution in [0.1, 0.15) is 16.7 Å². The van der Waals surface area contributed by atoms with Gasteiger partial charge in [0, 0.05) is 28.9 Å². The zero-order chi connectivity index (χ0) is 19.2. The van der Waals surface area contributed by atoms with E-state index in [9.17, 15) is 18.4 Å². The van der Waals surface area contributed by atoms with Crippen LogP contribution in [0.4, 0.5) is 19.0 Å². The smallest absolute Gasteiger partial charge is 0.369 e. The van der Waals surface area contributed by atoms with Crippen LogP contribution in [0.25, 0.3) is 17.1 Å².